The van der Waals surface area contributed by atoms with Gasteiger partial charge in [0, 0.05) is 11.3 Å². The molecule has 3 aliphatic carbocycles. The largest absolute Gasteiger partial charge is 0.413 e. The van der Waals surface area contributed by atoms with E-state index in [2.05, 4.69) is 48.1 Å². The fourth-order valence-corrected chi connectivity index (χ4v) is 10.9. The van der Waals surface area contributed by atoms with Crippen molar-refractivity contribution in [2.24, 2.45) is 16.7 Å². The lowest BCUT2D eigenvalue weighted by Crippen LogP contribution is -2.69. The summed E-state index contributed by atoms with van der Waals surface area (Å²) in [6, 6.07) is 3.14. The van der Waals surface area contributed by atoms with Crippen LogP contribution in [0.15, 0.2) is 23.3 Å². The highest BCUT2D eigenvalue weighted by Crippen LogP contribution is 2.64. The van der Waals surface area contributed by atoms with E-state index >= 15 is 0 Å². The first-order chi connectivity index (χ1) is 15.6. The van der Waals surface area contributed by atoms with Crippen molar-refractivity contribution in [3.8, 4) is 0 Å². The van der Waals surface area contributed by atoms with Crippen molar-refractivity contribution in [2.45, 2.75) is 116 Å². The molecular formula is C27H46O5Si. The van der Waals surface area contributed by atoms with Crippen molar-refractivity contribution in [3.63, 3.8) is 0 Å². The van der Waals surface area contributed by atoms with Gasteiger partial charge in [0.25, 0.3) is 0 Å². The molecule has 0 unspecified atom stereocenters. The smallest absolute Gasteiger partial charge is 0.192 e. The Morgan fingerprint density at radius 2 is 1.82 bits per heavy atom. The minimum Gasteiger partial charge on any atom is -0.413 e. The number of allylic oxidation sites excluding steroid dienone is 1. The zero-order valence-corrected chi connectivity index (χ0v) is 22.7. The highest BCUT2D eigenvalue weighted by atomic mass is 28.4. The van der Waals surface area contributed by atoms with E-state index in [0.717, 1.165) is 49.4 Å². The Bertz CT molecular complexity index is 794. The number of rotatable bonds is 6. The van der Waals surface area contributed by atoms with Gasteiger partial charge in [0.15, 0.2) is 8.32 Å². The Balaban J connectivity index is 1.90. The molecule has 2 N–H and O–H groups in total. The summed E-state index contributed by atoms with van der Waals surface area (Å²) in [5, 5.41) is 23.2. The molecule has 188 valence electrons. The van der Waals surface area contributed by atoms with Gasteiger partial charge < -0.3 is 24.1 Å². The summed E-state index contributed by atoms with van der Waals surface area (Å²) in [4.78, 5) is 0. The Hall–Kier alpha value is -0.503. The van der Waals surface area contributed by atoms with Gasteiger partial charge in [0.05, 0.1) is 30.3 Å². The number of aliphatic hydroxyl groups excluding tert-OH is 2. The van der Waals surface area contributed by atoms with Crippen LogP contribution >= 0.6 is 0 Å². The maximum atomic E-state index is 12.0. The number of hydrogen-bond acceptors (Lipinski definition) is 5. The summed E-state index contributed by atoms with van der Waals surface area (Å²) in [5.41, 5.74) is 2.10. The molecule has 3 fully saturated rings. The third-order valence-corrected chi connectivity index (χ3v) is 15.1. The topological polar surface area (TPSA) is 68.2 Å². The molecule has 4 aliphatic rings. The van der Waals surface area contributed by atoms with Gasteiger partial charge in [-0.2, -0.15) is 0 Å². The molecule has 1 spiro atoms. The summed E-state index contributed by atoms with van der Waals surface area (Å²) >= 11 is 0. The Kier molecular flexibility index (Phi) is 6.87. The van der Waals surface area contributed by atoms with Crippen molar-refractivity contribution in [2.75, 3.05) is 13.4 Å². The SMILES string of the molecule is C=C1CC[C@H](O[Si](CC)(CC)CC)[C@@]2(CO)[C@@H](O)CC3=C(C)CC[C@]4(OCO[C@H]4[C@H]12)C3(C)C. The van der Waals surface area contributed by atoms with Crippen LogP contribution in [0.25, 0.3) is 0 Å². The molecule has 6 atom stereocenters. The zero-order valence-electron chi connectivity index (χ0n) is 21.7. The average molecular weight is 479 g/mol. The lowest BCUT2D eigenvalue weighted by molar-refractivity contribution is -0.189. The van der Waals surface area contributed by atoms with E-state index in [1.54, 1.807) is 0 Å². The summed E-state index contributed by atoms with van der Waals surface area (Å²) in [6.07, 6.45) is 2.84. The second-order valence-electron chi connectivity index (χ2n) is 11.6. The predicted octanol–water partition coefficient (Wildman–Crippen LogP) is 5.33. The van der Waals surface area contributed by atoms with Gasteiger partial charge in [-0.25, -0.2) is 0 Å². The Morgan fingerprint density at radius 1 is 1.15 bits per heavy atom. The van der Waals surface area contributed by atoms with Crippen LogP contribution in [-0.2, 0) is 13.9 Å². The normalized spacial score (nSPS) is 40.8. The van der Waals surface area contributed by atoms with Gasteiger partial charge in [-0.15, -0.1) is 0 Å². The first-order valence-corrected chi connectivity index (χ1v) is 15.7. The van der Waals surface area contributed by atoms with E-state index < -0.39 is 25.4 Å². The Morgan fingerprint density at radius 3 is 2.42 bits per heavy atom. The second kappa shape index (κ2) is 8.86. The van der Waals surface area contributed by atoms with Crippen LogP contribution < -0.4 is 0 Å². The molecule has 5 nitrogen and oxygen atoms in total. The van der Waals surface area contributed by atoms with E-state index in [4.69, 9.17) is 13.9 Å². The van der Waals surface area contributed by atoms with Gasteiger partial charge in [0.2, 0.25) is 0 Å². The standard InChI is InChI=1S/C27H46O5Si/c1-8-33(9-2,10-3)32-22-12-11-19(5)23-24-27(31-17-30-24)14-13-18(4)20(25(27,6)7)15-21(29)26(22,23)16-28/h21-24,28-29H,5,8-17H2,1-4,6-7H3/t21-,22-,23-,24-,26+,27+/m0/s1. The van der Waals surface area contributed by atoms with Gasteiger partial charge in [-0.3, -0.25) is 0 Å². The van der Waals surface area contributed by atoms with Crippen LogP contribution in [0.5, 0.6) is 0 Å². The number of hydrogen-bond donors (Lipinski definition) is 2. The average Bonchev–Trinajstić information content (AvgIpc) is 3.23. The van der Waals surface area contributed by atoms with Crippen LogP contribution in [0.3, 0.4) is 0 Å². The third kappa shape index (κ3) is 3.42. The molecule has 1 saturated heterocycles. The molecule has 0 amide bonds. The van der Waals surface area contributed by atoms with Crippen LogP contribution in [-0.4, -0.2) is 55.8 Å². The van der Waals surface area contributed by atoms with Gasteiger partial charge in [0.1, 0.15) is 12.4 Å². The lowest BCUT2D eigenvalue weighted by Gasteiger charge is -2.62. The fourth-order valence-electron chi connectivity index (χ4n) is 8.00. The molecule has 2 saturated carbocycles. The van der Waals surface area contributed by atoms with Gasteiger partial charge in [-0.05, 0) is 57.2 Å². The van der Waals surface area contributed by atoms with Crippen LogP contribution in [0.1, 0.15) is 73.6 Å². The second-order valence-corrected chi connectivity index (χ2v) is 16.4. The molecule has 1 heterocycles. The summed E-state index contributed by atoms with van der Waals surface area (Å²) in [6.45, 7) is 18.1. The quantitative estimate of drug-likeness (QED) is 0.399. The summed E-state index contributed by atoms with van der Waals surface area (Å²) in [5.74, 6) is -0.199. The monoisotopic (exact) mass is 478 g/mol. The first kappa shape index (κ1) is 25.6. The van der Waals surface area contributed by atoms with Crippen molar-refractivity contribution in [1.82, 2.24) is 0 Å². The number of ether oxygens (including phenoxy) is 2. The van der Waals surface area contributed by atoms with E-state index in [1.165, 1.54) is 11.1 Å². The minimum atomic E-state index is -1.97. The van der Waals surface area contributed by atoms with E-state index in [9.17, 15) is 10.2 Å². The molecule has 1 aliphatic heterocycles. The van der Waals surface area contributed by atoms with Gasteiger partial charge in [-0.1, -0.05) is 57.9 Å². The molecule has 6 heteroatoms. The minimum absolute atomic E-state index is 0.132. The van der Waals surface area contributed by atoms with E-state index in [-0.39, 0.29) is 36.9 Å². The molecular weight excluding hydrogens is 432 g/mol. The van der Waals surface area contributed by atoms with Crippen molar-refractivity contribution < 1.29 is 24.1 Å². The molecule has 0 aromatic heterocycles. The highest BCUT2D eigenvalue weighted by Gasteiger charge is 2.69. The molecule has 0 radical (unpaired) electrons. The molecule has 4 rings (SSSR count). The van der Waals surface area contributed by atoms with Crippen molar-refractivity contribution in [1.29, 1.82) is 0 Å². The van der Waals surface area contributed by atoms with E-state index in [0.29, 0.717) is 6.42 Å². The predicted molar refractivity (Wildman–Crippen MR) is 133 cm³/mol. The lowest BCUT2D eigenvalue weighted by atomic mass is 9.48. The summed E-state index contributed by atoms with van der Waals surface area (Å²) < 4.78 is 20.1. The van der Waals surface area contributed by atoms with Crippen molar-refractivity contribution in [3.05, 3.63) is 23.3 Å². The molecule has 2 bridgehead atoms. The number of fused-ring (bicyclic) bond motifs is 3. The summed E-state index contributed by atoms with van der Waals surface area (Å²) in [7, 11) is -1.97. The zero-order chi connectivity index (χ0) is 24.2. The van der Waals surface area contributed by atoms with E-state index in [1.807, 2.05) is 0 Å². The number of aliphatic hydroxyl groups is 2. The molecule has 0 aromatic carbocycles. The Labute approximate surface area is 201 Å². The molecule has 33 heavy (non-hydrogen) atoms. The first-order valence-electron chi connectivity index (χ1n) is 13.2. The highest BCUT2D eigenvalue weighted by molar-refractivity contribution is 6.73. The van der Waals surface area contributed by atoms with Crippen LogP contribution in [0.2, 0.25) is 18.1 Å². The van der Waals surface area contributed by atoms with Crippen LogP contribution in [0.4, 0.5) is 0 Å². The fraction of sp³-hybridized carbons (Fsp3) is 0.852. The third-order valence-electron chi connectivity index (χ3n) is 10.5. The van der Waals surface area contributed by atoms with Gasteiger partial charge >= 0.3 is 0 Å². The maximum Gasteiger partial charge on any atom is 0.192 e. The molecule has 0 aromatic rings. The maximum absolute atomic E-state index is 12.0. The van der Waals surface area contributed by atoms with Crippen LogP contribution in [0, 0.1) is 16.7 Å². The van der Waals surface area contributed by atoms with Crippen molar-refractivity contribution >= 4 is 8.32 Å².